The summed E-state index contributed by atoms with van der Waals surface area (Å²) in [4.78, 5) is 2.42. The summed E-state index contributed by atoms with van der Waals surface area (Å²) in [6.45, 7) is 1.22. The molecule has 0 bridgehead atoms. The quantitative estimate of drug-likeness (QED) is 0.733. The van der Waals surface area contributed by atoms with E-state index in [2.05, 4.69) is 11.9 Å². The first-order chi connectivity index (χ1) is 6.70. The summed E-state index contributed by atoms with van der Waals surface area (Å²) in [6, 6.07) is 0.651. The molecule has 2 aliphatic rings. The standard InChI is InChI=1S/C12H23NO/c1-13-9-5-6-11(13)10-12(14)7-3-2-4-8-12/h11,14H,2-10H2,1H3. The van der Waals surface area contributed by atoms with Gasteiger partial charge in [0, 0.05) is 6.04 Å². The fourth-order valence-corrected chi connectivity index (χ4v) is 3.09. The van der Waals surface area contributed by atoms with E-state index in [1.165, 1.54) is 38.6 Å². The van der Waals surface area contributed by atoms with Crippen LogP contribution in [-0.2, 0) is 0 Å². The molecule has 0 aromatic rings. The Labute approximate surface area is 87.3 Å². The molecule has 82 valence electrons. The third-order valence-electron chi connectivity index (χ3n) is 4.07. The SMILES string of the molecule is CN1CCCC1CC1(O)CCCCC1. The Hall–Kier alpha value is -0.0800. The minimum Gasteiger partial charge on any atom is -0.390 e. The topological polar surface area (TPSA) is 23.5 Å². The van der Waals surface area contributed by atoms with Crippen LogP contribution < -0.4 is 0 Å². The molecule has 1 aliphatic heterocycles. The molecule has 2 heteroatoms. The first kappa shape index (κ1) is 10.4. The van der Waals surface area contributed by atoms with Gasteiger partial charge in [0.15, 0.2) is 0 Å². The zero-order chi connectivity index (χ0) is 10.0. The van der Waals surface area contributed by atoms with E-state index < -0.39 is 0 Å². The lowest BCUT2D eigenvalue weighted by Crippen LogP contribution is -2.39. The second kappa shape index (κ2) is 4.19. The van der Waals surface area contributed by atoms with Crippen molar-refractivity contribution >= 4 is 0 Å². The van der Waals surface area contributed by atoms with E-state index in [0.29, 0.717) is 6.04 Å². The van der Waals surface area contributed by atoms with Crippen LogP contribution in [0.4, 0.5) is 0 Å². The molecule has 2 fully saturated rings. The minimum atomic E-state index is -0.318. The Morgan fingerprint density at radius 3 is 2.50 bits per heavy atom. The second-order valence-electron chi connectivity index (χ2n) is 5.27. The predicted octanol–water partition coefficient (Wildman–Crippen LogP) is 2.17. The van der Waals surface area contributed by atoms with Gasteiger partial charge in [0.25, 0.3) is 0 Å². The van der Waals surface area contributed by atoms with Gasteiger partial charge in [-0.2, -0.15) is 0 Å². The summed E-state index contributed by atoms with van der Waals surface area (Å²) >= 11 is 0. The maximum Gasteiger partial charge on any atom is 0.0662 e. The van der Waals surface area contributed by atoms with Gasteiger partial charge in [-0.25, -0.2) is 0 Å². The molecule has 0 aromatic carbocycles. The van der Waals surface area contributed by atoms with Crippen LogP contribution in [0.3, 0.4) is 0 Å². The van der Waals surface area contributed by atoms with Crippen molar-refractivity contribution in [3.8, 4) is 0 Å². The van der Waals surface area contributed by atoms with Gasteiger partial charge in [0.1, 0.15) is 0 Å². The fraction of sp³-hybridized carbons (Fsp3) is 1.00. The molecule has 2 rings (SSSR count). The highest BCUT2D eigenvalue weighted by molar-refractivity contribution is 4.89. The van der Waals surface area contributed by atoms with E-state index in [0.717, 1.165) is 19.3 Å². The van der Waals surface area contributed by atoms with E-state index in [9.17, 15) is 5.11 Å². The molecule has 1 unspecified atom stereocenters. The first-order valence-corrected chi connectivity index (χ1v) is 6.12. The van der Waals surface area contributed by atoms with E-state index >= 15 is 0 Å². The summed E-state index contributed by atoms with van der Waals surface area (Å²) in [7, 11) is 2.20. The van der Waals surface area contributed by atoms with Crippen LogP contribution in [0, 0.1) is 0 Å². The van der Waals surface area contributed by atoms with Crippen molar-refractivity contribution in [3.05, 3.63) is 0 Å². The number of nitrogens with zero attached hydrogens (tertiary/aromatic N) is 1. The van der Waals surface area contributed by atoms with E-state index in [1.807, 2.05) is 0 Å². The molecule has 0 spiro atoms. The summed E-state index contributed by atoms with van der Waals surface area (Å²) < 4.78 is 0. The van der Waals surface area contributed by atoms with Gasteiger partial charge >= 0.3 is 0 Å². The van der Waals surface area contributed by atoms with Gasteiger partial charge in [-0.3, -0.25) is 0 Å². The van der Waals surface area contributed by atoms with Gasteiger partial charge in [0.2, 0.25) is 0 Å². The number of aliphatic hydroxyl groups is 1. The van der Waals surface area contributed by atoms with Crippen LogP contribution in [-0.4, -0.2) is 35.2 Å². The highest BCUT2D eigenvalue weighted by Crippen LogP contribution is 2.34. The van der Waals surface area contributed by atoms with Crippen molar-refractivity contribution in [2.75, 3.05) is 13.6 Å². The van der Waals surface area contributed by atoms with Crippen molar-refractivity contribution in [1.82, 2.24) is 4.90 Å². The highest BCUT2D eigenvalue weighted by atomic mass is 16.3. The molecular formula is C12H23NO. The summed E-state index contributed by atoms with van der Waals surface area (Å²) in [5.41, 5.74) is -0.318. The van der Waals surface area contributed by atoms with Crippen molar-refractivity contribution in [1.29, 1.82) is 0 Å². The van der Waals surface area contributed by atoms with E-state index in [1.54, 1.807) is 0 Å². The van der Waals surface area contributed by atoms with Crippen LogP contribution in [0.1, 0.15) is 51.4 Å². The monoisotopic (exact) mass is 197 g/mol. The average Bonchev–Trinajstić information content (AvgIpc) is 2.52. The molecule has 1 saturated carbocycles. The summed E-state index contributed by atoms with van der Waals surface area (Å²) in [5.74, 6) is 0. The molecule has 0 radical (unpaired) electrons. The average molecular weight is 197 g/mol. The molecule has 0 aromatic heterocycles. The Morgan fingerprint density at radius 1 is 1.21 bits per heavy atom. The lowest BCUT2D eigenvalue weighted by molar-refractivity contribution is -0.0199. The van der Waals surface area contributed by atoms with Crippen molar-refractivity contribution < 1.29 is 5.11 Å². The highest BCUT2D eigenvalue weighted by Gasteiger charge is 2.34. The lowest BCUT2D eigenvalue weighted by Gasteiger charge is -2.36. The van der Waals surface area contributed by atoms with Crippen LogP contribution >= 0.6 is 0 Å². The zero-order valence-corrected chi connectivity index (χ0v) is 9.34. The summed E-state index contributed by atoms with van der Waals surface area (Å²) in [5, 5.41) is 10.4. The normalized spacial score (nSPS) is 33.4. The van der Waals surface area contributed by atoms with Crippen molar-refractivity contribution in [2.24, 2.45) is 0 Å². The van der Waals surface area contributed by atoms with Gasteiger partial charge < -0.3 is 10.0 Å². The smallest absolute Gasteiger partial charge is 0.0662 e. The molecule has 0 amide bonds. The molecule has 2 nitrogen and oxygen atoms in total. The van der Waals surface area contributed by atoms with Gasteiger partial charge in [-0.1, -0.05) is 19.3 Å². The van der Waals surface area contributed by atoms with Crippen molar-refractivity contribution in [3.63, 3.8) is 0 Å². The molecule has 1 atom stereocenters. The second-order valence-corrected chi connectivity index (χ2v) is 5.27. The van der Waals surface area contributed by atoms with E-state index in [4.69, 9.17) is 0 Å². The maximum atomic E-state index is 10.4. The maximum absolute atomic E-state index is 10.4. The predicted molar refractivity (Wildman–Crippen MR) is 58.3 cm³/mol. The molecule has 1 N–H and O–H groups in total. The largest absolute Gasteiger partial charge is 0.390 e. The molecule has 1 aliphatic carbocycles. The van der Waals surface area contributed by atoms with Gasteiger partial charge in [-0.15, -0.1) is 0 Å². The Kier molecular flexibility index (Phi) is 3.13. The first-order valence-electron chi connectivity index (χ1n) is 6.12. The summed E-state index contributed by atoms with van der Waals surface area (Å²) in [6.07, 6.45) is 9.48. The number of rotatable bonds is 2. The zero-order valence-electron chi connectivity index (χ0n) is 9.34. The number of hydrogen-bond acceptors (Lipinski definition) is 2. The lowest BCUT2D eigenvalue weighted by atomic mass is 9.80. The van der Waals surface area contributed by atoms with Crippen LogP contribution in [0.2, 0.25) is 0 Å². The van der Waals surface area contributed by atoms with Crippen LogP contribution in [0.5, 0.6) is 0 Å². The fourth-order valence-electron chi connectivity index (χ4n) is 3.09. The molecule has 1 saturated heterocycles. The third kappa shape index (κ3) is 2.29. The molecule has 14 heavy (non-hydrogen) atoms. The van der Waals surface area contributed by atoms with Crippen molar-refractivity contribution in [2.45, 2.75) is 63.0 Å². The van der Waals surface area contributed by atoms with E-state index in [-0.39, 0.29) is 5.60 Å². The van der Waals surface area contributed by atoms with Gasteiger partial charge in [0.05, 0.1) is 5.60 Å². The minimum absolute atomic E-state index is 0.318. The number of likely N-dealkylation sites (tertiary alicyclic amines) is 1. The Bertz CT molecular complexity index is 187. The van der Waals surface area contributed by atoms with Crippen LogP contribution in [0.25, 0.3) is 0 Å². The Balaban J connectivity index is 1.88. The molecular weight excluding hydrogens is 174 g/mol. The molecule has 1 heterocycles. The van der Waals surface area contributed by atoms with Gasteiger partial charge in [-0.05, 0) is 45.7 Å². The third-order valence-corrected chi connectivity index (χ3v) is 4.07. The number of hydrogen-bond donors (Lipinski definition) is 1. The Morgan fingerprint density at radius 2 is 1.93 bits per heavy atom. The van der Waals surface area contributed by atoms with Crippen LogP contribution in [0.15, 0.2) is 0 Å².